The van der Waals surface area contributed by atoms with Crippen molar-refractivity contribution in [2.75, 3.05) is 10.2 Å². The minimum absolute atomic E-state index is 0.164. The van der Waals surface area contributed by atoms with Gasteiger partial charge >= 0.3 is 6.03 Å². The van der Waals surface area contributed by atoms with E-state index in [1.54, 1.807) is 37.7 Å². The Bertz CT molecular complexity index is 1210. The highest BCUT2D eigenvalue weighted by Gasteiger charge is 2.35. The Balaban J connectivity index is 1.68. The minimum Gasteiger partial charge on any atom is -0.348 e. The second kappa shape index (κ2) is 9.37. The van der Waals surface area contributed by atoms with Gasteiger partial charge in [-0.25, -0.2) is 9.78 Å². The maximum atomic E-state index is 13.2. The number of rotatable bonds is 7. The summed E-state index contributed by atoms with van der Waals surface area (Å²) in [6, 6.07) is 0.938. The SMILES string of the molecule is C=CC(=O)NC1CCCC1NC(=O)c1sc2nccc3c2c1NC(=O)N3/C(C=C)=C/N=C\C. The molecule has 1 aliphatic carbocycles. The van der Waals surface area contributed by atoms with Gasteiger partial charge in [0.1, 0.15) is 9.71 Å². The van der Waals surface area contributed by atoms with Crippen molar-refractivity contribution in [3.63, 3.8) is 0 Å². The monoisotopic (exact) mass is 464 g/mol. The van der Waals surface area contributed by atoms with E-state index in [2.05, 4.69) is 39.1 Å². The van der Waals surface area contributed by atoms with Crippen LogP contribution in [-0.2, 0) is 4.79 Å². The molecule has 9 nitrogen and oxygen atoms in total. The van der Waals surface area contributed by atoms with Gasteiger partial charge in [0, 0.05) is 24.5 Å². The summed E-state index contributed by atoms with van der Waals surface area (Å²) in [7, 11) is 0. The number of amides is 4. The zero-order valence-electron chi connectivity index (χ0n) is 18.1. The Labute approximate surface area is 195 Å². The van der Waals surface area contributed by atoms with Gasteiger partial charge in [-0.1, -0.05) is 13.2 Å². The molecule has 170 valence electrons. The summed E-state index contributed by atoms with van der Waals surface area (Å²) in [4.78, 5) is 49.0. The summed E-state index contributed by atoms with van der Waals surface area (Å²) >= 11 is 1.21. The van der Waals surface area contributed by atoms with Crippen LogP contribution in [-0.4, -0.2) is 41.1 Å². The Morgan fingerprint density at radius 3 is 2.73 bits per heavy atom. The number of carbonyl (C=O) groups is 3. The number of anilines is 2. The third kappa shape index (κ3) is 4.17. The molecule has 0 spiro atoms. The second-order valence-electron chi connectivity index (χ2n) is 7.58. The van der Waals surface area contributed by atoms with E-state index in [1.807, 2.05) is 0 Å². The van der Waals surface area contributed by atoms with Crippen molar-refractivity contribution in [3.8, 4) is 0 Å². The van der Waals surface area contributed by atoms with Crippen LogP contribution in [0.1, 0.15) is 35.9 Å². The van der Waals surface area contributed by atoms with Gasteiger partial charge in [0.25, 0.3) is 5.91 Å². The van der Waals surface area contributed by atoms with Crippen molar-refractivity contribution in [1.29, 1.82) is 0 Å². The summed E-state index contributed by atoms with van der Waals surface area (Å²) in [6.07, 6.45) is 9.94. The Hall–Kier alpha value is -3.79. The van der Waals surface area contributed by atoms with E-state index in [0.717, 1.165) is 19.3 Å². The van der Waals surface area contributed by atoms with Crippen LogP contribution < -0.4 is 20.9 Å². The van der Waals surface area contributed by atoms with Crippen LogP contribution in [0.25, 0.3) is 10.2 Å². The summed E-state index contributed by atoms with van der Waals surface area (Å²) < 4.78 is 0. The molecule has 2 atom stereocenters. The number of thiophene rings is 1. The molecule has 3 N–H and O–H groups in total. The molecule has 2 unspecified atom stereocenters. The fourth-order valence-corrected chi connectivity index (χ4v) is 5.16. The molecule has 0 aromatic carbocycles. The number of pyridine rings is 1. The Morgan fingerprint density at radius 2 is 2.03 bits per heavy atom. The molecule has 1 aliphatic heterocycles. The predicted molar refractivity (Wildman–Crippen MR) is 131 cm³/mol. The number of hydrogen-bond acceptors (Lipinski definition) is 6. The first-order chi connectivity index (χ1) is 16.0. The Morgan fingerprint density at radius 1 is 1.27 bits per heavy atom. The third-order valence-electron chi connectivity index (χ3n) is 5.62. The molecule has 4 amide bonds. The lowest BCUT2D eigenvalue weighted by molar-refractivity contribution is -0.117. The summed E-state index contributed by atoms with van der Waals surface area (Å²) in [5.74, 6) is -0.578. The summed E-state index contributed by atoms with van der Waals surface area (Å²) in [5, 5.41) is 9.43. The number of hydrogen-bond donors (Lipinski definition) is 3. The summed E-state index contributed by atoms with van der Waals surface area (Å²) in [5.41, 5.74) is 1.53. The van der Waals surface area contributed by atoms with Crippen molar-refractivity contribution in [2.45, 2.75) is 38.3 Å². The molecule has 10 heteroatoms. The first kappa shape index (κ1) is 22.4. The highest BCUT2D eigenvalue weighted by molar-refractivity contribution is 7.21. The van der Waals surface area contributed by atoms with E-state index in [0.29, 0.717) is 32.2 Å². The van der Waals surface area contributed by atoms with Crippen LogP contribution in [0.3, 0.4) is 0 Å². The van der Waals surface area contributed by atoms with Crippen LogP contribution in [0.5, 0.6) is 0 Å². The first-order valence-corrected chi connectivity index (χ1v) is 11.4. The largest absolute Gasteiger partial charge is 0.348 e. The van der Waals surface area contributed by atoms with E-state index in [4.69, 9.17) is 0 Å². The van der Waals surface area contributed by atoms with Crippen LogP contribution >= 0.6 is 11.3 Å². The zero-order chi connectivity index (χ0) is 23.5. The van der Waals surface area contributed by atoms with Crippen molar-refractivity contribution >= 4 is 57.0 Å². The lowest BCUT2D eigenvalue weighted by Crippen LogP contribution is -2.48. The molecule has 33 heavy (non-hydrogen) atoms. The second-order valence-corrected chi connectivity index (χ2v) is 8.58. The van der Waals surface area contributed by atoms with Gasteiger partial charge in [-0.2, -0.15) is 0 Å². The lowest BCUT2D eigenvalue weighted by Gasteiger charge is -2.28. The van der Waals surface area contributed by atoms with Gasteiger partial charge in [0.15, 0.2) is 0 Å². The fourth-order valence-electron chi connectivity index (χ4n) is 4.13. The van der Waals surface area contributed by atoms with Crippen molar-refractivity contribution in [2.24, 2.45) is 4.99 Å². The van der Waals surface area contributed by atoms with Gasteiger partial charge in [-0.15, -0.1) is 11.3 Å². The highest BCUT2D eigenvalue weighted by Crippen LogP contribution is 2.44. The molecule has 0 saturated heterocycles. The lowest BCUT2D eigenvalue weighted by atomic mass is 10.1. The van der Waals surface area contributed by atoms with Gasteiger partial charge in [-0.3, -0.25) is 19.5 Å². The highest BCUT2D eigenvalue weighted by atomic mass is 32.1. The number of nitrogens with zero attached hydrogens (tertiary/aromatic N) is 3. The normalized spacial score (nSPS) is 20.1. The van der Waals surface area contributed by atoms with Gasteiger partial charge < -0.3 is 16.0 Å². The number of urea groups is 1. The fraction of sp³-hybridized carbons (Fsp3) is 0.261. The van der Waals surface area contributed by atoms with Crippen LogP contribution in [0, 0.1) is 0 Å². The topological polar surface area (TPSA) is 116 Å². The number of nitrogens with one attached hydrogen (secondary N) is 3. The van der Waals surface area contributed by atoms with Crippen molar-refractivity contribution in [1.82, 2.24) is 15.6 Å². The molecule has 2 aliphatic rings. The predicted octanol–water partition coefficient (Wildman–Crippen LogP) is 3.72. The average Bonchev–Trinajstić information content (AvgIpc) is 3.40. The number of aliphatic imine (C=N–C) groups is 1. The standard InChI is InChI=1S/C23H24N6O3S/c1-4-13(12-24-6-3)29-16-10-11-25-22-18(16)19(28-23(29)32)20(33-22)21(31)27-15-9-7-8-14(15)26-17(30)5-2/h4-6,10-12,14-15H,1-2,7-9H2,3H3,(H,26,30)(H,27,31)(H,28,32)/b13-12+,24-6-. The molecule has 0 bridgehead atoms. The van der Waals surface area contributed by atoms with E-state index in [9.17, 15) is 14.4 Å². The quantitative estimate of drug-likeness (QED) is 0.329. The van der Waals surface area contributed by atoms with Crippen molar-refractivity contribution < 1.29 is 14.4 Å². The van der Waals surface area contributed by atoms with Crippen molar-refractivity contribution in [3.05, 3.63) is 54.3 Å². The molecule has 2 aromatic heterocycles. The maximum absolute atomic E-state index is 13.2. The number of carbonyl (C=O) groups excluding carboxylic acids is 3. The van der Waals surface area contributed by atoms with Gasteiger partial charge in [-0.05, 0) is 44.4 Å². The third-order valence-corrected chi connectivity index (χ3v) is 6.72. The number of aromatic nitrogens is 1. The van der Waals surface area contributed by atoms with Crippen LogP contribution in [0.15, 0.2) is 54.5 Å². The Kier molecular flexibility index (Phi) is 6.36. The zero-order valence-corrected chi connectivity index (χ0v) is 18.9. The molecule has 4 rings (SSSR count). The molecule has 2 aromatic rings. The minimum atomic E-state index is -0.420. The van der Waals surface area contributed by atoms with Crippen LogP contribution in [0.4, 0.5) is 16.2 Å². The molecule has 0 radical (unpaired) electrons. The maximum Gasteiger partial charge on any atom is 0.331 e. The average molecular weight is 465 g/mol. The summed E-state index contributed by atoms with van der Waals surface area (Å²) in [6.45, 7) is 9.05. The van der Waals surface area contributed by atoms with E-state index < -0.39 is 6.03 Å². The van der Waals surface area contributed by atoms with Crippen LogP contribution in [0.2, 0.25) is 0 Å². The molecule has 3 heterocycles. The molecule has 1 fully saturated rings. The smallest absolute Gasteiger partial charge is 0.331 e. The number of allylic oxidation sites excluding steroid dienone is 1. The molecular formula is C23H24N6O3S. The van der Waals surface area contributed by atoms with Gasteiger partial charge in [0.05, 0.1) is 28.7 Å². The molecule has 1 saturated carbocycles. The van der Waals surface area contributed by atoms with Gasteiger partial charge in [0.2, 0.25) is 5.91 Å². The van der Waals surface area contributed by atoms with E-state index in [1.165, 1.54) is 22.3 Å². The first-order valence-electron chi connectivity index (χ1n) is 10.5. The molecular weight excluding hydrogens is 440 g/mol. The van der Waals surface area contributed by atoms with E-state index in [-0.39, 0.29) is 23.9 Å². The van der Waals surface area contributed by atoms with E-state index >= 15 is 0 Å².